The lowest BCUT2D eigenvalue weighted by molar-refractivity contribution is -0.143. The molecule has 0 atom stereocenters. The molecule has 0 spiro atoms. The smallest absolute Gasteiger partial charge is 0.307 e. The van der Waals surface area contributed by atoms with Crippen LogP contribution in [0.5, 0.6) is 0 Å². The largest absolute Gasteiger partial charge is 0.416 e. The van der Waals surface area contributed by atoms with Crippen LogP contribution in [0.25, 0.3) is 88.4 Å². The van der Waals surface area contributed by atoms with Crippen molar-refractivity contribution >= 4 is 43.6 Å². The van der Waals surface area contributed by atoms with Crippen molar-refractivity contribution in [3.63, 3.8) is 0 Å². The van der Waals surface area contributed by atoms with Crippen LogP contribution in [0.2, 0.25) is 0 Å². The third kappa shape index (κ3) is 6.40. The van der Waals surface area contributed by atoms with E-state index in [1.54, 1.807) is 24.3 Å². The molecule has 0 fully saturated rings. The Labute approximate surface area is 360 Å². The van der Waals surface area contributed by atoms with E-state index in [4.69, 9.17) is 0 Å². The first kappa shape index (κ1) is 39.5. The molecule has 64 heavy (non-hydrogen) atoms. The Morgan fingerprint density at radius 1 is 0.344 bits per heavy atom. The number of halogens is 6. The van der Waals surface area contributed by atoms with Crippen molar-refractivity contribution in [2.24, 2.45) is 0 Å². The van der Waals surface area contributed by atoms with Gasteiger partial charge in [0.1, 0.15) is 0 Å². The van der Waals surface area contributed by atoms with Crippen molar-refractivity contribution in [2.75, 3.05) is 0 Å². The van der Waals surface area contributed by atoms with E-state index in [1.807, 2.05) is 118 Å². The van der Waals surface area contributed by atoms with Crippen molar-refractivity contribution in [3.05, 3.63) is 192 Å². The molecular formula is C53H27F6N5. The van der Waals surface area contributed by atoms with Gasteiger partial charge in [-0.3, -0.25) is 0 Å². The van der Waals surface area contributed by atoms with E-state index in [9.17, 15) is 42.1 Å². The number of rotatable bonds is 5. The van der Waals surface area contributed by atoms with Gasteiger partial charge in [0, 0.05) is 27.1 Å². The lowest BCUT2D eigenvalue weighted by Crippen LogP contribution is -2.11. The fourth-order valence-corrected chi connectivity index (χ4v) is 8.84. The average molecular weight is 848 g/mol. The predicted molar refractivity (Wildman–Crippen MR) is 236 cm³/mol. The molecular weight excluding hydrogens is 821 g/mol. The molecule has 11 heteroatoms. The number of benzene rings is 8. The third-order valence-corrected chi connectivity index (χ3v) is 11.7. The Bertz CT molecular complexity index is 3670. The van der Waals surface area contributed by atoms with Gasteiger partial charge in [-0.1, -0.05) is 97.1 Å². The lowest BCUT2D eigenvalue weighted by Gasteiger charge is -2.21. The predicted octanol–water partition coefficient (Wildman–Crippen LogP) is 14.5. The standard InChI is InChI=1S/C53H27F6N5/c54-52(55,56)37-21-35(22-38(26-37)53(57,58)59)45-27-51(64-47-16-8-6-14-42(47)44-20-18-32(24-49(44)64)40-12-4-2-10-34(40)29-61)50(25-36(45)30-62)63-46-15-7-5-13-41(46)43-19-17-31(23-48(43)63)39-11-3-1-9-33(39)28-60/h1-27H. The summed E-state index contributed by atoms with van der Waals surface area (Å²) < 4.78 is 90.2. The minimum absolute atomic E-state index is 0.0680. The minimum atomic E-state index is -5.14. The number of hydrogen-bond donors (Lipinski definition) is 0. The second-order valence-corrected chi connectivity index (χ2v) is 15.3. The zero-order valence-corrected chi connectivity index (χ0v) is 33.1. The highest BCUT2D eigenvalue weighted by atomic mass is 19.4. The van der Waals surface area contributed by atoms with Gasteiger partial charge in [-0.25, -0.2) is 0 Å². The maximum absolute atomic E-state index is 14.4. The Balaban J connectivity index is 1.38. The fraction of sp³-hybridized carbons (Fsp3) is 0.0377. The number of hydrogen-bond acceptors (Lipinski definition) is 3. The highest BCUT2D eigenvalue weighted by Gasteiger charge is 2.37. The highest BCUT2D eigenvalue weighted by molar-refractivity contribution is 6.13. The van der Waals surface area contributed by atoms with Gasteiger partial charge in [-0.2, -0.15) is 42.1 Å². The van der Waals surface area contributed by atoms with Gasteiger partial charge in [0.2, 0.25) is 0 Å². The van der Waals surface area contributed by atoms with Crippen LogP contribution in [0.1, 0.15) is 27.8 Å². The monoisotopic (exact) mass is 847 g/mol. The normalized spacial score (nSPS) is 11.9. The van der Waals surface area contributed by atoms with E-state index in [0.717, 1.165) is 21.5 Å². The highest BCUT2D eigenvalue weighted by Crippen LogP contribution is 2.45. The summed E-state index contributed by atoms with van der Waals surface area (Å²) in [7, 11) is 0. The zero-order valence-electron chi connectivity index (χ0n) is 33.1. The lowest BCUT2D eigenvalue weighted by atomic mass is 9.94. The summed E-state index contributed by atoms with van der Waals surface area (Å²) >= 11 is 0. The summed E-state index contributed by atoms with van der Waals surface area (Å²) in [5.74, 6) is 0. The topological polar surface area (TPSA) is 81.2 Å². The Hall–Kier alpha value is -8.59. The second-order valence-electron chi connectivity index (χ2n) is 15.3. The molecule has 2 heterocycles. The number of nitrogens with zero attached hydrogens (tertiary/aromatic N) is 5. The van der Waals surface area contributed by atoms with E-state index < -0.39 is 29.0 Å². The molecule has 0 aliphatic rings. The van der Waals surface area contributed by atoms with Gasteiger partial charge >= 0.3 is 12.4 Å². The molecule has 0 saturated carbocycles. The van der Waals surface area contributed by atoms with Crippen LogP contribution in [0, 0.1) is 34.0 Å². The molecule has 0 bridgehead atoms. The molecule has 0 radical (unpaired) electrons. The summed E-state index contributed by atoms with van der Waals surface area (Å²) in [6, 6.07) is 51.8. The molecule has 0 unspecified atom stereocenters. The molecule has 306 valence electrons. The van der Waals surface area contributed by atoms with E-state index in [-0.39, 0.29) is 17.2 Å². The summed E-state index contributed by atoms with van der Waals surface area (Å²) in [6.45, 7) is 0. The molecule has 10 rings (SSSR count). The Morgan fingerprint density at radius 3 is 1.20 bits per heavy atom. The van der Waals surface area contributed by atoms with Crippen LogP contribution in [0.3, 0.4) is 0 Å². The molecule has 0 N–H and O–H groups in total. The number of alkyl halides is 6. The maximum Gasteiger partial charge on any atom is 0.416 e. The van der Waals surface area contributed by atoms with Gasteiger partial charge in [-0.05, 0) is 94.5 Å². The fourth-order valence-electron chi connectivity index (χ4n) is 8.84. The van der Waals surface area contributed by atoms with Gasteiger partial charge in [0.25, 0.3) is 0 Å². The Kier molecular flexibility index (Phi) is 9.14. The van der Waals surface area contributed by atoms with Crippen LogP contribution in [0.15, 0.2) is 164 Å². The quantitative estimate of drug-likeness (QED) is 0.162. The van der Waals surface area contributed by atoms with Crippen molar-refractivity contribution in [1.29, 1.82) is 15.8 Å². The van der Waals surface area contributed by atoms with Gasteiger partial charge in [0.05, 0.1) is 79.5 Å². The van der Waals surface area contributed by atoms with E-state index in [0.29, 0.717) is 79.0 Å². The van der Waals surface area contributed by atoms with Crippen molar-refractivity contribution < 1.29 is 26.3 Å². The van der Waals surface area contributed by atoms with Gasteiger partial charge < -0.3 is 9.13 Å². The molecule has 0 amide bonds. The molecule has 0 saturated heterocycles. The van der Waals surface area contributed by atoms with E-state index >= 15 is 0 Å². The maximum atomic E-state index is 14.4. The van der Waals surface area contributed by atoms with Crippen LogP contribution < -0.4 is 0 Å². The van der Waals surface area contributed by atoms with Crippen molar-refractivity contribution in [3.8, 4) is 63.0 Å². The number of nitriles is 3. The van der Waals surface area contributed by atoms with Gasteiger partial charge in [0.15, 0.2) is 0 Å². The SMILES string of the molecule is N#Cc1ccccc1-c1ccc2c3ccccc3n(-c3cc(C#N)c(-c4cc(C(F)(F)F)cc(C(F)(F)F)c4)cc3-n3c4ccccc4c4ccc(-c5ccccc5C#N)cc43)c2c1. The van der Waals surface area contributed by atoms with Crippen LogP contribution in [-0.4, -0.2) is 9.13 Å². The molecule has 0 aliphatic heterocycles. The molecule has 0 aliphatic carbocycles. The molecule has 5 nitrogen and oxygen atoms in total. The summed E-state index contributed by atoms with van der Waals surface area (Å²) in [4.78, 5) is 0. The molecule has 2 aromatic heterocycles. The van der Waals surface area contributed by atoms with Crippen molar-refractivity contribution in [1.82, 2.24) is 9.13 Å². The van der Waals surface area contributed by atoms with E-state index in [1.165, 1.54) is 12.1 Å². The van der Waals surface area contributed by atoms with Gasteiger partial charge in [-0.15, -0.1) is 0 Å². The number of fused-ring (bicyclic) bond motifs is 6. The third-order valence-electron chi connectivity index (χ3n) is 11.7. The molecule has 8 aromatic carbocycles. The Morgan fingerprint density at radius 2 is 0.750 bits per heavy atom. The average Bonchev–Trinajstić information content (AvgIpc) is 3.82. The number of para-hydroxylation sites is 2. The first-order valence-corrected chi connectivity index (χ1v) is 19.8. The minimum Gasteiger partial charge on any atom is -0.307 e. The molecule has 10 aromatic rings. The number of aromatic nitrogens is 2. The van der Waals surface area contributed by atoms with E-state index in [2.05, 4.69) is 18.2 Å². The van der Waals surface area contributed by atoms with Crippen LogP contribution in [-0.2, 0) is 12.4 Å². The summed E-state index contributed by atoms with van der Waals surface area (Å²) in [5.41, 5.74) is 3.16. The first-order chi connectivity index (χ1) is 30.9. The summed E-state index contributed by atoms with van der Waals surface area (Å²) in [6.07, 6.45) is -10.3. The van der Waals surface area contributed by atoms with Crippen LogP contribution >= 0.6 is 0 Å². The summed E-state index contributed by atoms with van der Waals surface area (Å²) in [5, 5.41) is 34.2. The second kappa shape index (κ2) is 14.8. The first-order valence-electron chi connectivity index (χ1n) is 19.8. The van der Waals surface area contributed by atoms with Crippen LogP contribution in [0.4, 0.5) is 26.3 Å². The van der Waals surface area contributed by atoms with Crippen molar-refractivity contribution in [2.45, 2.75) is 12.4 Å². The zero-order chi connectivity index (χ0) is 44.5.